The number of hydrogen-bond donors (Lipinski definition) is 1. The molecular formula is C18H27NO4. The van der Waals surface area contributed by atoms with Gasteiger partial charge in [-0.25, -0.2) is 4.79 Å². The Hall–Kier alpha value is -1.59. The Morgan fingerprint density at radius 3 is 2.74 bits per heavy atom. The van der Waals surface area contributed by atoms with Crippen LogP contribution in [0.1, 0.15) is 44.0 Å². The number of esters is 1. The third kappa shape index (κ3) is 5.52. The van der Waals surface area contributed by atoms with Crippen molar-refractivity contribution >= 4 is 5.97 Å². The Kier molecular flexibility index (Phi) is 6.02. The van der Waals surface area contributed by atoms with E-state index < -0.39 is 0 Å². The van der Waals surface area contributed by atoms with E-state index in [0.717, 1.165) is 19.4 Å². The minimum absolute atomic E-state index is 0.0493. The molecule has 1 N–H and O–H groups in total. The van der Waals surface area contributed by atoms with Crippen LogP contribution in [0.15, 0.2) is 24.3 Å². The average molecular weight is 321 g/mol. The molecular weight excluding hydrogens is 294 g/mol. The van der Waals surface area contributed by atoms with Gasteiger partial charge in [0.05, 0.1) is 19.3 Å². The summed E-state index contributed by atoms with van der Waals surface area (Å²) in [6.07, 6.45) is 1.98. The maximum atomic E-state index is 11.8. The number of hydrogen-bond acceptors (Lipinski definition) is 5. The number of methoxy groups -OCH3 is 1. The lowest BCUT2D eigenvalue weighted by atomic mass is 9.97. The van der Waals surface area contributed by atoms with Gasteiger partial charge in [0.25, 0.3) is 0 Å². The molecule has 1 aliphatic rings. The lowest BCUT2D eigenvalue weighted by molar-refractivity contribution is -0.0948. The maximum absolute atomic E-state index is 11.8. The zero-order chi connectivity index (χ0) is 16.9. The number of para-hydroxylation sites is 1. The normalized spacial score (nSPS) is 21.7. The van der Waals surface area contributed by atoms with Crippen LogP contribution in [0, 0.1) is 5.92 Å². The molecule has 1 aliphatic heterocycles. The van der Waals surface area contributed by atoms with Gasteiger partial charge in [0.15, 0.2) is 0 Å². The molecule has 2 unspecified atom stereocenters. The van der Waals surface area contributed by atoms with Crippen molar-refractivity contribution in [3.8, 4) is 5.75 Å². The van der Waals surface area contributed by atoms with Crippen LogP contribution in [0.3, 0.4) is 0 Å². The summed E-state index contributed by atoms with van der Waals surface area (Å²) >= 11 is 0. The summed E-state index contributed by atoms with van der Waals surface area (Å²) in [5.74, 6) is 0.598. The summed E-state index contributed by atoms with van der Waals surface area (Å²) in [5.41, 5.74) is 0.296. The smallest absolute Gasteiger partial charge is 0.341 e. The summed E-state index contributed by atoms with van der Waals surface area (Å²) in [4.78, 5) is 11.8. The van der Waals surface area contributed by atoms with Gasteiger partial charge < -0.3 is 14.2 Å². The van der Waals surface area contributed by atoms with E-state index in [2.05, 4.69) is 26.1 Å². The molecule has 0 aromatic heterocycles. The van der Waals surface area contributed by atoms with Crippen molar-refractivity contribution < 1.29 is 19.0 Å². The van der Waals surface area contributed by atoms with Gasteiger partial charge in [0, 0.05) is 0 Å². The van der Waals surface area contributed by atoms with Crippen molar-refractivity contribution in [2.24, 2.45) is 5.92 Å². The highest BCUT2D eigenvalue weighted by atomic mass is 16.5. The molecule has 0 bridgehead atoms. The number of carbonyl (C=O) groups is 1. The van der Waals surface area contributed by atoms with E-state index in [-0.39, 0.29) is 17.8 Å². The molecule has 0 saturated carbocycles. The van der Waals surface area contributed by atoms with Crippen LogP contribution >= 0.6 is 0 Å². The molecule has 128 valence electrons. The second-order valence-electron chi connectivity index (χ2n) is 6.86. The van der Waals surface area contributed by atoms with Gasteiger partial charge in [0.2, 0.25) is 0 Å². The van der Waals surface area contributed by atoms with Gasteiger partial charge in [-0.3, -0.25) is 5.32 Å². The van der Waals surface area contributed by atoms with E-state index in [1.807, 2.05) is 6.07 Å². The molecule has 1 saturated heterocycles. The topological polar surface area (TPSA) is 56.8 Å². The first-order valence-electron chi connectivity index (χ1n) is 8.10. The number of carbonyl (C=O) groups excluding carboxylic acids is 1. The largest absolute Gasteiger partial charge is 0.492 e. The number of rotatable bonds is 5. The quantitative estimate of drug-likeness (QED) is 0.845. The number of nitrogens with one attached hydrogen (secondary N) is 1. The lowest BCUT2D eigenvalue weighted by Gasteiger charge is -2.34. The fourth-order valence-corrected chi connectivity index (χ4v) is 2.70. The van der Waals surface area contributed by atoms with Crippen molar-refractivity contribution in [1.29, 1.82) is 0 Å². The molecule has 5 heteroatoms. The molecule has 1 aromatic rings. The minimum Gasteiger partial charge on any atom is -0.492 e. The first-order valence-corrected chi connectivity index (χ1v) is 8.10. The predicted octanol–water partition coefficient (Wildman–Crippen LogP) is 2.99. The van der Waals surface area contributed by atoms with Crippen LogP contribution in [0.5, 0.6) is 5.75 Å². The maximum Gasteiger partial charge on any atom is 0.341 e. The van der Waals surface area contributed by atoms with Crippen LogP contribution in [0.4, 0.5) is 0 Å². The van der Waals surface area contributed by atoms with E-state index in [1.165, 1.54) is 7.11 Å². The van der Waals surface area contributed by atoms with Gasteiger partial charge in [0.1, 0.15) is 17.5 Å². The number of piperidine rings is 1. The highest BCUT2D eigenvalue weighted by molar-refractivity contribution is 5.92. The molecule has 0 amide bonds. The second kappa shape index (κ2) is 7.79. The van der Waals surface area contributed by atoms with Gasteiger partial charge in [-0.2, -0.15) is 0 Å². The van der Waals surface area contributed by atoms with Crippen LogP contribution in [-0.4, -0.2) is 38.1 Å². The summed E-state index contributed by atoms with van der Waals surface area (Å²) < 4.78 is 16.7. The van der Waals surface area contributed by atoms with Crippen LogP contribution in [0.25, 0.3) is 0 Å². The van der Waals surface area contributed by atoms with Crippen molar-refractivity contribution in [1.82, 2.24) is 5.32 Å². The molecule has 23 heavy (non-hydrogen) atoms. The molecule has 0 aliphatic carbocycles. The Balaban J connectivity index is 1.92. The average Bonchev–Trinajstić information content (AvgIpc) is 2.51. The highest BCUT2D eigenvalue weighted by Gasteiger charge is 2.26. The standard InChI is InChI=1S/C18H27NO4/c1-18(2,3)23-16-11-13(9-10-19-16)12-22-15-8-6-5-7-14(15)17(20)21-4/h5-8,13,16,19H,9-12H2,1-4H3. The monoisotopic (exact) mass is 321 g/mol. The summed E-state index contributed by atoms with van der Waals surface area (Å²) in [7, 11) is 1.38. The molecule has 2 rings (SSSR count). The van der Waals surface area contributed by atoms with Crippen LogP contribution < -0.4 is 10.1 Å². The zero-order valence-corrected chi connectivity index (χ0v) is 14.4. The molecule has 1 heterocycles. The molecule has 5 nitrogen and oxygen atoms in total. The Bertz CT molecular complexity index is 524. The summed E-state index contributed by atoms with van der Waals surface area (Å²) in [6.45, 7) is 7.65. The third-order valence-electron chi connectivity index (χ3n) is 3.73. The summed E-state index contributed by atoms with van der Waals surface area (Å²) in [6, 6.07) is 7.18. The first kappa shape index (κ1) is 17.8. The van der Waals surface area contributed by atoms with Gasteiger partial charge in [-0.15, -0.1) is 0 Å². The SMILES string of the molecule is COC(=O)c1ccccc1OCC1CCNC(OC(C)(C)C)C1. The van der Waals surface area contributed by atoms with Crippen molar-refractivity contribution in [2.45, 2.75) is 45.4 Å². The lowest BCUT2D eigenvalue weighted by Crippen LogP contribution is -2.45. The molecule has 0 radical (unpaired) electrons. The molecule has 2 atom stereocenters. The predicted molar refractivity (Wildman–Crippen MR) is 88.6 cm³/mol. The molecule has 0 spiro atoms. The van der Waals surface area contributed by atoms with Crippen molar-refractivity contribution in [3.63, 3.8) is 0 Å². The number of benzene rings is 1. The Morgan fingerprint density at radius 1 is 1.30 bits per heavy atom. The fourth-order valence-electron chi connectivity index (χ4n) is 2.70. The van der Waals surface area contributed by atoms with E-state index in [0.29, 0.717) is 23.8 Å². The van der Waals surface area contributed by atoms with Crippen LogP contribution in [0.2, 0.25) is 0 Å². The Morgan fingerprint density at radius 2 is 2.04 bits per heavy atom. The summed E-state index contributed by atoms with van der Waals surface area (Å²) in [5, 5.41) is 3.39. The minimum atomic E-state index is -0.375. The van der Waals surface area contributed by atoms with E-state index >= 15 is 0 Å². The first-order chi connectivity index (χ1) is 10.9. The molecule has 1 fully saturated rings. The molecule has 1 aromatic carbocycles. The van der Waals surface area contributed by atoms with Crippen LogP contribution in [-0.2, 0) is 9.47 Å². The van der Waals surface area contributed by atoms with Crippen molar-refractivity contribution in [3.05, 3.63) is 29.8 Å². The van der Waals surface area contributed by atoms with Gasteiger partial charge >= 0.3 is 5.97 Å². The number of ether oxygens (including phenoxy) is 3. The zero-order valence-electron chi connectivity index (χ0n) is 14.4. The second-order valence-corrected chi connectivity index (χ2v) is 6.86. The van der Waals surface area contributed by atoms with Crippen molar-refractivity contribution in [2.75, 3.05) is 20.3 Å². The van der Waals surface area contributed by atoms with E-state index in [1.54, 1.807) is 18.2 Å². The van der Waals surface area contributed by atoms with Gasteiger partial charge in [-0.05, 0) is 58.2 Å². The van der Waals surface area contributed by atoms with E-state index in [9.17, 15) is 4.79 Å². The van der Waals surface area contributed by atoms with Gasteiger partial charge in [-0.1, -0.05) is 12.1 Å². The Labute approximate surface area is 138 Å². The fraction of sp³-hybridized carbons (Fsp3) is 0.611. The third-order valence-corrected chi connectivity index (χ3v) is 3.73. The highest BCUT2D eigenvalue weighted by Crippen LogP contribution is 2.24. The van der Waals surface area contributed by atoms with E-state index in [4.69, 9.17) is 14.2 Å².